The van der Waals surface area contributed by atoms with Crippen LogP contribution in [-0.4, -0.2) is 4.98 Å². The van der Waals surface area contributed by atoms with Crippen LogP contribution in [0.5, 0.6) is 0 Å². The van der Waals surface area contributed by atoms with Crippen LogP contribution in [0.4, 0.5) is 10.2 Å². The summed E-state index contributed by atoms with van der Waals surface area (Å²) in [7, 11) is 0. The minimum Gasteiger partial charge on any atom is -0.385 e. The van der Waals surface area contributed by atoms with Gasteiger partial charge in [0.05, 0.1) is 0 Å². The van der Waals surface area contributed by atoms with Crippen LogP contribution in [-0.2, 0) is 0 Å². The second-order valence-electron chi connectivity index (χ2n) is 2.83. The standard InChI is InChI=1S/C10H9FN2/c11-8-3-1-7(2-4-8)9-5-6-10(12)13-9/h1-6,13H,12H2. The van der Waals surface area contributed by atoms with Crippen molar-refractivity contribution in [1.29, 1.82) is 0 Å². The number of benzene rings is 1. The third kappa shape index (κ3) is 1.54. The molecule has 2 aromatic rings. The van der Waals surface area contributed by atoms with Crippen LogP contribution in [0.1, 0.15) is 0 Å². The average molecular weight is 176 g/mol. The summed E-state index contributed by atoms with van der Waals surface area (Å²) in [6.07, 6.45) is 0. The normalized spacial score (nSPS) is 10.2. The Morgan fingerprint density at radius 3 is 2.23 bits per heavy atom. The van der Waals surface area contributed by atoms with Gasteiger partial charge in [0.2, 0.25) is 0 Å². The number of nitrogen functional groups attached to an aromatic ring is 1. The third-order valence-corrected chi connectivity index (χ3v) is 1.86. The first-order valence-electron chi connectivity index (χ1n) is 3.96. The van der Waals surface area contributed by atoms with E-state index in [4.69, 9.17) is 5.73 Å². The molecule has 3 heteroatoms. The van der Waals surface area contributed by atoms with Crippen molar-refractivity contribution in [2.75, 3.05) is 5.73 Å². The van der Waals surface area contributed by atoms with Crippen LogP contribution < -0.4 is 5.73 Å². The quantitative estimate of drug-likeness (QED) is 0.688. The van der Waals surface area contributed by atoms with E-state index in [0.29, 0.717) is 5.82 Å². The Bertz CT molecular complexity index is 403. The van der Waals surface area contributed by atoms with Gasteiger partial charge in [0, 0.05) is 5.69 Å². The van der Waals surface area contributed by atoms with Crippen LogP contribution in [0.2, 0.25) is 0 Å². The Morgan fingerprint density at radius 1 is 1.00 bits per heavy atom. The third-order valence-electron chi connectivity index (χ3n) is 1.86. The number of nitrogens with one attached hydrogen (secondary N) is 1. The average Bonchev–Trinajstić information content (AvgIpc) is 2.53. The first-order valence-corrected chi connectivity index (χ1v) is 3.96. The van der Waals surface area contributed by atoms with Crippen LogP contribution in [0, 0.1) is 5.82 Å². The summed E-state index contributed by atoms with van der Waals surface area (Å²) in [5, 5.41) is 0. The van der Waals surface area contributed by atoms with E-state index >= 15 is 0 Å². The molecule has 66 valence electrons. The highest BCUT2D eigenvalue weighted by molar-refractivity contribution is 5.62. The molecule has 1 aromatic carbocycles. The Hall–Kier alpha value is -1.77. The van der Waals surface area contributed by atoms with Gasteiger partial charge in [0.25, 0.3) is 0 Å². The van der Waals surface area contributed by atoms with Crippen molar-refractivity contribution < 1.29 is 4.39 Å². The van der Waals surface area contributed by atoms with E-state index in [2.05, 4.69) is 4.98 Å². The number of nitrogens with two attached hydrogens (primary N) is 1. The lowest BCUT2D eigenvalue weighted by molar-refractivity contribution is 0.628. The zero-order valence-electron chi connectivity index (χ0n) is 6.92. The lowest BCUT2D eigenvalue weighted by Crippen LogP contribution is -1.83. The van der Waals surface area contributed by atoms with E-state index in [1.807, 2.05) is 6.07 Å². The van der Waals surface area contributed by atoms with Crippen molar-refractivity contribution in [3.8, 4) is 11.3 Å². The maximum Gasteiger partial charge on any atom is 0.123 e. The van der Waals surface area contributed by atoms with Crippen LogP contribution in [0.25, 0.3) is 11.3 Å². The molecular formula is C10H9FN2. The summed E-state index contributed by atoms with van der Waals surface area (Å²) < 4.78 is 12.6. The molecular weight excluding hydrogens is 167 g/mol. The number of aromatic amines is 1. The monoisotopic (exact) mass is 176 g/mol. The fourth-order valence-electron chi connectivity index (χ4n) is 1.21. The number of H-pyrrole nitrogens is 1. The molecule has 0 aliphatic carbocycles. The van der Waals surface area contributed by atoms with Gasteiger partial charge < -0.3 is 10.7 Å². The molecule has 2 nitrogen and oxygen atoms in total. The molecule has 1 heterocycles. The second-order valence-corrected chi connectivity index (χ2v) is 2.83. The van der Waals surface area contributed by atoms with Crippen LogP contribution in [0.3, 0.4) is 0 Å². The highest BCUT2D eigenvalue weighted by Crippen LogP contribution is 2.19. The highest BCUT2D eigenvalue weighted by atomic mass is 19.1. The van der Waals surface area contributed by atoms with Gasteiger partial charge in [-0.1, -0.05) is 0 Å². The molecule has 0 atom stereocenters. The van der Waals surface area contributed by atoms with E-state index in [1.54, 1.807) is 18.2 Å². The highest BCUT2D eigenvalue weighted by Gasteiger charge is 1.98. The van der Waals surface area contributed by atoms with Crippen LogP contribution >= 0.6 is 0 Å². The predicted molar refractivity (Wildman–Crippen MR) is 50.6 cm³/mol. The van der Waals surface area contributed by atoms with Gasteiger partial charge in [0.1, 0.15) is 11.6 Å². The predicted octanol–water partition coefficient (Wildman–Crippen LogP) is 2.40. The van der Waals surface area contributed by atoms with E-state index in [9.17, 15) is 4.39 Å². The first-order chi connectivity index (χ1) is 6.25. The van der Waals surface area contributed by atoms with E-state index in [-0.39, 0.29) is 5.82 Å². The Morgan fingerprint density at radius 2 is 1.69 bits per heavy atom. The molecule has 0 saturated heterocycles. The first kappa shape index (κ1) is 7.86. The molecule has 2 rings (SSSR count). The zero-order valence-corrected chi connectivity index (χ0v) is 6.92. The zero-order chi connectivity index (χ0) is 9.26. The van der Waals surface area contributed by atoms with E-state index in [0.717, 1.165) is 11.3 Å². The van der Waals surface area contributed by atoms with Crippen molar-refractivity contribution in [2.24, 2.45) is 0 Å². The SMILES string of the molecule is Nc1ccc(-c2ccc(F)cc2)[nH]1. The minimum atomic E-state index is -0.233. The van der Waals surface area contributed by atoms with Gasteiger partial charge in [-0.3, -0.25) is 0 Å². The summed E-state index contributed by atoms with van der Waals surface area (Å²) in [5.74, 6) is 0.377. The van der Waals surface area contributed by atoms with Crippen molar-refractivity contribution in [2.45, 2.75) is 0 Å². The molecule has 0 bridgehead atoms. The van der Waals surface area contributed by atoms with Gasteiger partial charge >= 0.3 is 0 Å². The summed E-state index contributed by atoms with van der Waals surface area (Å²) >= 11 is 0. The topological polar surface area (TPSA) is 41.8 Å². The lowest BCUT2D eigenvalue weighted by Gasteiger charge is -1.96. The molecule has 13 heavy (non-hydrogen) atoms. The van der Waals surface area contributed by atoms with Crippen molar-refractivity contribution >= 4 is 5.82 Å². The Labute approximate surface area is 75.2 Å². The largest absolute Gasteiger partial charge is 0.385 e. The Balaban J connectivity index is 2.41. The molecule has 0 fully saturated rings. The number of aromatic nitrogens is 1. The Kier molecular flexibility index (Phi) is 1.77. The van der Waals surface area contributed by atoms with Crippen molar-refractivity contribution in [3.63, 3.8) is 0 Å². The van der Waals surface area contributed by atoms with Crippen molar-refractivity contribution in [1.82, 2.24) is 4.98 Å². The molecule has 0 spiro atoms. The van der Waals surface area contributed by atoms with Gasteiger partial charge in [-0.25, -0.2) is 4.39 Å². The number of rotatable bonds is 1. The molecule has 0 amide bonds. The fraction of sp³-hybridized carbons (Fsp3) is 0. The molecule has 0 saturated carbocycles. The van der Waals surface area contributed by atoms with Gasteiger partial charge in [-0.05, 0) is 42.0 Å². The maximum absolute atomic E-state index is 12.6. The van der Waals surface area contributed by atoms with Gasteiger partial charge in [0.15, 0.2) is 0 Å². The summed E-state index contributed by atoms with van der Waals surface area (Å²) in [6.45, 7) is 0. The minimum absolute atomic E-state index is 0.233. The van der Waals surface area contributed by atoms with Gasteiger partial charge in [-0.15, -0.1) is 0 Å². The summed E-state index contributed by atoms with van der Waals surface area (Å²) in [6, 6.07) is 9.90. The van der Waals surface area contributed by atoms with Crippen molar-refractivity contribution in [3.05, 3.63) is 42.2 Å². The molecule has 3 N–H and O–H groups in total. The molecule has 0 aliphatic rings. The van der Waals surface area contributed by atoms with E-state index < -0.39 is 0 Å². The second kappa shape index (κ2) is 2.94. The number of hydrogen-bond acceptors (Lipinski definition) is 1. The maximum atomic E-state index is 12.6. The molecule has 0 unspecified atom stereocenters. The summed E-state index contributed by atoms with van der Waals surface area (Å²) in [4.78, 5) is 2.97. The number of hydrogen-bond donors (Lipinski definition) is 2. The summed E-state index contributed by atoms with van der Waals surface area (Å²) in [5.41, 5.74) is 7.35. The van der Waals surface area contributed by atoms with Crippen LogP contribution in [0.15, 0.2) is 36.4 Å². The fourth-order valence-corrected chi connectivity index (χ4v) is 1.21. The van der Waals surface area contributed by atoms with E-state index in [1.165, 1.54) is 12.1 Å². The molecule has 0 radical (unpaired) electrons. The smallest absolute Gasteiger partial charge is 0.123 e. The number of halogens is 1. The lowest BCUT2D eigenvalue weighted by atomic mass is 10.1. The van der Waals surface area contributed by atoms with Gasteiger partial charge in [-0.2, -0.15) is 0 Å². The number of anilines is 1. The molecule has 0 aliphatic heterocycles. The molecule has 1 aromatic heterocycles.